The van der Waals surface area contributed by atoms with E-state index in [2.05, 4.69) is 4.74 Å². The van der Waals surface area contributed by atoms with Crippen molar-refractivity contribution >= 4 is 18.0 Å². The normalized spacial score (nSPS) is 10.2. The smallest absolute Gasteiger partial charge is 0.331 e. The van der Waals surface area contributed by atoms with Gasteiger partial charge in [0.05, 0.1) is 7.11 Å². The Bertz CT molecular complexity index is 440. The number of carbonyl (C=O) groups excluding carboxylic acids is 2. The standard InChI is InChI=1S/C12H13NO4/c1-16-10-5-3-2-4-9(10)6-7-12(15)17-8-11(13)14/h2-7H,8H2,1H3,(H2,13,14)/b7-6+. The molecule has 0 spiro atoms. The number of hydrogen-bond acceptors (Lipinski definition) is 4. The van der Waals surface area contributed by atoms with Crippen molar-refractivity contribution < 1.29 is 19.1 Å². The summed E-state index contributed by atoms with van der Waals surface area (Å²) in [6.07, 6.45) is 2.75. The SMILES string of the molecule is COc1ccccc1/C=C/C(=O)OCC(N)=O. The maximum absolute atomic E-state index is 11.2. The zero-order chi connectivity index (χ0) is 12.7. The van der Waals surface area contributed by atoms with E-state index in [0.29, 0.717) is 5.75 Å². The molecule has 0 unspecified atom stereocenters. The van der Waals surface area contributed by atoms with E-state index >= 15 is 0 Å². The number of primary amides is 1. The van der Waals surface area contributed by atoms with Crippen LogP contribution in [0.1, 0.15) is 5.56 Å². The van der Waals surface area contributed by atoms with E-state index < -0.39 is 18.5 Å². The van der Waals surface area contributed by atoms with Gasteiger partial charge in [-0.2, -0.15) is 0 Å². The number of ether oxygens (including phenoxy) is 2. The molecule has 0 saturated carbocycles. The lowest BCUT2D eigenvalue weighted by molar-refractivity contribution is -0.142. The van der Waals surface area contributed by atoms with Crippen LogP contribution in [0.15, 0.2) is 30.3 Å². The monoisotopic (exact) mass is 235 g/mol. The van der Waals surface area contributed by atoms with Gasteiger partial charge in [0.15, 0.2) is 6.61 Å². The Morgan fingerprint density at radius 1 is 1.35 bits per heavy atom. The van der Waals surface area contributed by atoms with Gasteiger partial charge in [-0.3, -0.25) is 4.79 Å². The van der Waals surface area contributed by atoms with Crippen LogP contribution in [-0.2, 0) is 14.3 Å². The molecule has 1 aromatic rings. The van der Waals surface area contributed by atoms with Gasteiger partial charge in [0.2, 0.25) is 0 Å². The molecule has 0 aliphatic heterocycles. The third-order valence-corrected chi connectivity index (χ3v) is 1.89. The highest BCUT2D eigenvalue weighted by Crippen LogP contribution is 2.18. The van der Waals surface area contributed by atoms with Gasteiger partial charge in [0.25, 0.3) is 5.91 Å². The zero-order valence-electron chi connectivity index (χ0n) is 9.38. The number of benzene rings is 1. The minimum Gasteiger partial charge on any atom is -0.496 e. The zero-order valence-corrected chi connectivity index (χ0v) is 9.38. The molecule has 5 heteroatoms. The van der Waals surface area contributed by atoms with E-state index in [1.54, 1.807) is 18.2 Å². The summed E-state index contributed by atoms with van der Waals surface area (Å²) in [5.41, 5.74) is 5.58. The van der Waals surface area contributed by atoms with Crippen LogP contribution < -0.4 is 10.5 Å². The van der Waals surface area contributed by atoms with Crippen molar-refractivity contribution in [3.05, 3.63) is 35.9 Å². The van der Waals surface area contributed by atoms with Crippen LogP contribution in [-0.4, -0.2) is 25.6 Å². The number of hydrogen-bond donors (Lipinski definition) is 1. The quantitative estimate of drug-likeness (QED) is 0.603. The first-order valence-corrected chi connectivity index (χ1v) is 4.89. The summed E-state index contributed by atoms with van der Waals surface area (Å²) in [4.78, 5) is 21.5. The second kappa shape index (κ2) is 6.32. The lowest BCUT2D eigenvalue weighted by Gasteiger charge is -2.03. The molecule has 0 heterocycles. The number of amides is 1. The minimum absolute atomic E-state index is 0.422. The predicted octanol–water partition coefficient (Wildman–Crippen LogP) is 0.737. The topological polar surface area (TPSA) is 78.6 Å². The highest BCUT2D eigenvalue weighted by molar-refractivity contribution is 5.89. The Morgan fingerprint density at radius 2 is 2.06 bits per heavy atom. The molecule has 1 amide bonds. The molecule has 0 aliphatic carbocycles. The van der Waals surface area contributed by atoms with Gasteiger partial charge in [-0.15, -0.1) is 0 Å². The van der Waals surface area contributed by atoms with Crippen LogP contribution in [0.4, 0.5) is 0 Å². The highest BCUT2D eigenvalue weighted by atomic mass is 16.5. The summed E-state index contributed by atoms with van der Waals surface area (Å²) < 4.78 is 9.66. The molecule has 0 saturated heterocycles. The van der Waals surface area contributed by atoms with Gasteiger partial charge in [-0.1, -0.05) is 18.2 Å². The summed E-state index contributed by atoms with van der Waals surface area (Å²) in [5, 5.41) is 0. The lowest BCUT2D eigenvalue weighted by Crippen LogP contribution is -2.19. The van der Waals surface area contributed by atoms with Crippen LogP contribution >= 0.6 is 0 Å². The average Bonchev–Trinajstić information content (AvgIpc) is 2.34. The largest absolute Gasteiger partial charge is 0.496 e. The molecule has 0 atom stereocenters. The molecule has 0 aromatic heterocycles. The summed E-state index contributed by atoms with van der Waals surface area (Å²) in [6.45, 7) is -0.422. The molecular weight excluding hydrogens is 222 g/mol. The van der Waals surface area contributed by atoms with Crippen molar-refractivity contribution in [3.8, 4) is 5.75 Å². The highest BCUT2D eigenvalue weighted by Gasteiger charge is 2.01. The van der Waals surface area contributed by atoms with Crippen LogP contribution in [0.2, 0.25) is 0 Å². The van der Waals surface area contributed by atoms with E-state index in [1.165, 1.54) is 13.2 Å². The number of nitrogens with two attached hydrogens (primary N) is 1. The third-order valence-electron chi connectivity index (χ3n) is 1.89. The van der Waals surface area contributed by atoms with Crippen LogP contribution in [0.3, 0.4) is 0 Å². The van der Waals surface area contributed by atoms with E-state index in [9.17, 15) is 9.59 Å². The van der Waals surface area contributed by atoms with Gasteiger partial charge in [-0.05, 0) is 12.1 Å². The van der Waals surface area contributed by atoms with E-state index in [-0.39, 0.29) is 0 Å². The number of rotatable bonds is 5. The molecule has 0 aliphatic rings. The van der Waals surface area contributed by atoms with Gasteiger partial charge in [0, 0.05) is 11.6 Å². The summed E-state index contributed by atoms with van der Waals surface area (Å²) >= 11 is 0. The summed E-state index contributed by atoms with van der Waals surface area (Å²) in [5.74, 6) is -0.676. The van der Waals surface area contributed by atoms with Crippen molar-refractivity contribution in [2.45, 2.75) is 0 Å². The lowest BCUT2D eigenvalue weighted by atomic mass is 10.2. The Kier molecular flexibility index (Phi) is 4.75. The number of methoxy groups -OCH3 is 1. The van der Waals surface area contributed by atoms with Crippen molar-refractivity contribution in [3.63, 3.8) is 0 Å². The minimum atomic E-state index is -0.691. The number of esters is 1. The molecule has 1 aromatic carbocycles. The maximum atomic E-state index is 11.2. The van der Waals surface area contributed by atoms with Gasteiger partial charge < -0.3 is 15.2 Å². The summed E-state index contributed by atoms with van der Waals surface area (Å²) in [7, 11) is 1.54. The molecular formula is C12H13NO4. The second-order valence-electron chi connectivity index (χ2n) is 3.15. The second-order valence-corrected chi connectivity index (χ2v) is 3.15. The maximum Gasteiger partial charge on any atom is 0.331 e. The molecule has 0 bridgehead atoms. The first kappa shape index (κ1) is 12.8. The average molecular weight is 235 g/mol. The molecule has 0 radical (unpaired) electrons. The van der Waals surface area contributed by atoms with E-state index in [0.717, 1.165) is 5.56 Å². The fourth-order valence-corrected chi connectivity index (χ4v) is 1.15. The first-order valence-electron chi connectivity index (χ1n) is 4.89. The number of carbonyl (C=O) groups is 2. The third kappa shape index (κ3) is 4.38. The first-order chi connectivity index (χ1) is 8.13. The Morgan fingerprint density at radius 3 is 2.71 bits per heavy atom. The summed E-state index contributed by atoms with van der Waals surface area (Å²) in [6, 6.07) is 7.20. The van der Waals surface area contributed by atoms with E-state index in [4.69, 9.17) is 10.5 Å². The molecule has 17 heavy (non-hydrogen) atoms. The van der Waals surface area contributed by atoms with Gasteiger partial charge in [0.1, 0.15) is 5.75 Å². The van der Waals surface area contributed by atoms with Crippen molar-refractivity contribution in [2.24, 2.45) is 5.73 Å². The van der Waals surface area contributed by atoms with Crippen molar-refractivity contribution in [1.29, 1.82) is 0 Å². The molecule has 0 fully saturated rings. The van der Waals surface area contributed by atoms with Gasteiger partial charge in [-0.25, -0.2) is 4.79 Å². The van der Waals surface area contributed by atoms with E-state index in [1.807, 2.05) is 12.1 Å². The molecule has 2 N–H and O–H groups in total. The number of para-hydroxylation sites is 1. The fourth-order valence-electron chi connectivity index (χ4n) is 1.15. The molecule has 90 valence electrons. The van der Waals surface area contributed by atoms with Crippen molar-refractivity contribution in [2.75, 3.05) is 13.7 Å². The molecule has 1 rings (SSSR count). The van der Waals surface area contributed by atoms with Crippen LogP contribution in [0.5, 0.6) is 5.75 Å². The Hall–Kier alpha value is -2.30. The Balaban J connectivity index is 2.63. The van der Waals surface area contributed by atoms with Crippen LogP contribution in [0.25, 0.3) is 6.08 Å². The van der Waals surface area contributed by atoms with Crippen LogP contribution in [0, 0.1) is 0 Å². The Labute approximate surface area is 98.8 Å². The van der Waals surface area contributed by atoms with Crippen molar-refractivity contribution in [1.82, 2.24) is 0 Å². The van der Waals surface area contributed by atoms with Gasteiger partial charge >= 0.3 is 5.97 Å². The predicted molar refractivity (Wildman–Crippen MR) is 62.2 cm³/mol. The fraction of sp³-hybridized carbons (Fsp3) is 0.167. The molecule has 5 nitrogen and oxygen atoms in total.